The number of hydrogen-bond donors (Lipinski definition) is 1. The molecule has 0 unspecified atom stereocenters. The molecule has 0 aliphatic carbocycles. The predicted octanol–water partition coefficient (Wildman–Crippen LogP) is 4.28. The summed E-state index contributed by atoms with van der Waals surface area (Å²) in [5.41, 5.74) is 2.97. The highest BCUT2D eigenvalue weighted by Gasteiger charge is 2.12. The van der Waals surface area contributed by atoms with Gasteiger partial charge in [-0.25, -0.2) is 4.98 Å². The molecule has 118 valence electrons. The molecule has 0 bridgehead atoms. The average molecular weight is 328 g/mol. The summed E-state index contributed by atoms with van der Waals surface area (Å²) >= 11 is 5.96. The van der Waals surface area contributed by atoms with Crippen LogP contribution < -0.4 is 5.32 Å². The molecular weight excluding hydrogens is 310 g/mol. The van der Waals surface area contributed by atoms with E-state index >= 15 is 0 Å². The molecule has 0 saturated carbocycles. The van der Waals surface area contributed by atoms with Gasteiger partial charge in [-0.05, 0) is 43.2 Å². The maximum atomic E-state index is 12.2. The van der Waals surface area contributed by atoms with Crippen molar-refractivity contribution in [3.63, 3.8) is 0 Å². The Labute approximate surface area is 140 Å². The lowest BCUT2D eigenvalue weighted by atomic mass is 10.1. The van der Waals surface area contributed by atoms with Crippen LogP contribution >= 0.6 is 11.6 Å². The molecule has 1 heterocycles. The number of nitrogens with zero attached hydrogens (tertiary/aromatic N) is 2. The van der Waals surface area contributed by atoms with Gasteiger partial charge in [-0.3, -0.25) is 10.1 Å². The average Bonchev–Trinajstić information content (AvgIpc) is 2.90. The molecule has 4 nitrogen and oxygen atoms in total. The largest absolute Gasteiger partial charge is 0.310 e. The first-order valence-electron chi connectivity index (χ1n) is 7.67. The minimum absolute atomic E-state index is 0.0463. The van der Waals surface area contributed by atoms with E-state index in [1.807, 2.05) is 60.0 Å². The van der Waals surface area contributed by atoms with E-state index in [-0.39, 0.29) is 5.91 Å². The number of carbonyl (C=O) groups excluding carboxylic acids is 1. The molecular formula is C18H18ClN3O. The smallest absolute Gasteiger partial charge is 0.227 e. The van der Waals surface area contributed by atoms with Gasteiger partial charge in [0, 0.05) is 18.0 Å². The zero-order valence-corrected chi connectivity index (χ0v) is 13.7. The number of aryl methyl sites for hydroxylation is 2. The Kier molecular flexibility index (Phi) is 4.63. The summed E-state index contributed by atoms with van der Waals surface area (Å²) in [6.45, 7) is 2.79. The second kappa shape index (κ2) is 6.84. The Morgan fingerprint density at radius 1 is 1.22 bits per heavy atom. The van der Waals surface area contributed by atoms with Crippen molar-refractivity contribution in [2.45, 2.75) is 26.3 Å². The minimum Gasteiger partial charge on any atom is -0.310 e. The molecule has 23 heavy (non-hydrogen) atoms. The number of fused-ring (bicyclic) bond motifs is 1. The number of rotatable bonds is 5. The summed E-state index contributed by atoms with van der Waals surface area (Å²) in [5, 5.41) is 3.61. The molecule has 1 amide bonds. The van der Waals surface area contributed by atoms with Gasteiger partial charge in [-0.1, -0.05) is 35.9 Å². The summed E-state index contributed by atoms with van der Waals surface area (Å²) in [7, 11) is 0. The molecule has 0 fully saturated rings. The normalized spacial score (nSPS) is 10.9. The van der Waals surface area contributed by atoms with Crippen molar-refractivity contribution in [1.29, 1.82) is 0 Å². The second-order valence-electron chi connectivity index (χ2n) is 5.35. The van der Waals surface area contributed by atoms with Crippen molar-refractivity contribution in [2.75, 3.05) is 5.32 Å². The van der Waals surface area contributed by atoms with Crippen LogP contribution in [0.25, 0.3) is 11.0 Å². The SMILES string of the molecule is CCn1c(NC(=O)CCc2cccc(Cl)c2)nc2ccccc21. The lowest BCUT2D eigenvalue weighted by molar-refractivity contribution is -0.116. The van der Waals surface area contributed by atoms with E-state index in [0.717, 1.165) is 23.1 Å². The van der Waals surface area contributed by atoms with Gasteiger partial charge in [0.1, 0.15) is 0 Å². The van der Waals surface area contributed by atoms with Crippen molar-refractivity contribution < 1.29 is 4.79 Å². The number of anilines is 1. The fourth-order valence-corrected chi connectivity index (χ4v) is 2.84. The lowest BCUT2D eigenvalue weighted by Crippen LogP contribution is -2.16. The van der Waals surface area contributed by atoms with E-state index < -0.39 is 0 Å². The molecule has 2 aromatic carbocycles. The number of para-hydroxylation sites is 2. The number of imidazole rings is 1. The Hall–Kier alpha value is -2.33. The van der Waals surface area contributed by atoms with Crippen LogP contribution in [0.15, 0.2) is 48.5 Å². The number of aromatic nitrogens is 2. The van der Waals surface area contributed by atoms with Crippen LogP contribution in [-0.4, -0.2) is 15.5 Å². The van der Waals surface area contributed by atoms with Gasteiger partial charge >= 0.3 is 0 Å². The van der Waals surface area contributed by atoms with Gasteiger partial charge < -0.3 is 4.57 Å². The monoisotopic (exact) mass is 327 g/mol. The molecule has 0 radical (unpaired) electrons. The Balaban J connectivity index is 1.70. The van der Waals surface area contributed by atoms with Crippen molar-refractivity contribution in [3.05, 3.63) is 59.1 Å². The van der Waals surface area contributed by atoms with Crippen LogP contribution in [0, 0.1) is 0 Å². The highest BCUT2D eigenvalue weighted by Crippen LogP contribution is 2.19. The van der Waals surface area contributed by atoms with Crippen LogP contribution in [0.3, 0.4) is 0 Å². The van der Waals surface area contributed by atoms with E-state index in [4.69, 9.17) is 11.6 Å². The van der Waals surface area contributed by atoms with E-state index in [1.165, 1.54) is 0 Å². The fourth-order valence-electron chi connectivity index (χ4n) is 2.63. The third kappa shape index (κ3) is 3.54. The molecule has 0 atom stereocenters. The summed E-state index contributed by atoms with van der Waals surface area (Å²) in [6, 6.07) is 15.5. The summed E-state index contributed by atoms with van der Waals surface area (Å²) in [4.78, 5) is 16.7. The number of carbonyl (C=O) groups is 1. The van der Waals surface area contributed by atoms with Gasteiger partial charge in [-0.2, -0.15) is 0 Å². The molecule has 1 N–H and O–H groups in total. The topological polar surface area (TPSA) is 46.9 Å². The minimum atomic E-state index is -0.0463. The first-order chi connectivity index (χ1) is 11.2. The van der Waals surface area contributed by atoms with E-state index in [0.29, 0.717) is 23.8 Å². The maximum absolute atomic E-state index is 12.2. The van der Waals surface area contributed by atoms with Gasteiger partial charge in [0.25, 0.3) is 0 Å². The first kappa shape index (κ1) is 15.6. The summed E-state index contributed by atoms with van der Waals surface area (Å²) in [6.07, 6.45) is 1.05. The van der Waals surface area contributed by atoms with Gasteiger partial charge in [0.05, 0.1) is 11.0 Å². The zero-order chi connectivity index (χ0) is 16.2. The van der Waals surface area contributed by atoms with E-state index in [2.05, 4.69) is 10.3 Å². The molecule has 0 aliphatic heterocycles. The Morgan fingerprint density at radius 3 is 2.83 bits per heavy atom. The van der Waals surface area contributed by atoms with Crippen LogP contribution in [0.5, 0.6) is 0 Å². The highest BCUT2D eigenvalue weighted by molar-refractivity contribution is 6.30. The fraction of sp³-hybridized carbons (Fsp3) is 0.222. The van der Waals surface area contributed by atoms with Crippen molar-refractivity contribution >= 4 is 34.5 Å². The zero-order valence-electron chi connectivity index (χ0n) is 12.9. The van der Waals surface area contributed by atoms with Crippen LogP contribution in [0.2, 0.25) is 5.02 Å². The van der Waals surface area contributed by atoms with Crippen molar-refractivity contribution in [1.82, 2.24) is 9.55 Å². The number of hydrogen-bond acceptors (Lipinski definition) is 2. The number of amides is 1. The molecule has 0 aliphatic rings. The molecule has 3 aromatic rings. The van der Waals surface area contributed by atoms with Crippen LogP contribution in [0.4, 0.5) is 5.95 Å². The third-order valence-corrected chi connectivity index (χ3v) is 3.99. The molecule has 3 rings (SSSR count). The Bertz CT molecular complexity index is 841. The first-order valence-corrected chi connectivity index (χ1v) is 8.04. The molecule has 0 saturated heterocycles. The lowest BCUT2D eigenvalue weighted by Gasteiger charge is -2.07. The van der Waals surface area contributed by atoms with Crippen LogP contribution in [-0.2, 0) is 17.8 Å². The van der Waals surface area contributed by atoms with Gasteiger partial charge in [-0.15, -0.1) is 0 Å². The standard InChI is InChI=1S/C18H18ClN3O/c1-2-22-16-9-4-3-8-15(16)20-18(22)21-17(23)11-10-13-6-5-7-14(19)12-13/h3-9,12H,2,10-11H2,1H3,(H,20,21,23). The number of benzene rings is 2. The molecule has 5 heteroatoms. The molecule has 1 aromatic heterocycles. The second-order valence-corrected chi connectivity index (χ2v) is 5.78. The third-order valence-electron chi connectivity index (χ3n) is 3.75. The molecule has 0 spiro atoms. The van der Waals surface area contributed by atoms with Crippen molar-refractivity contribution in [3.8, 4) is 0 Å². The Morgan fingerprint density at radius 2 is 2.04 bits per heavy atom. The summed E-state index contributed by atoms with van der Waals surface area (Å²) in [5.74, 6) is 0.555. The van der Waals surface area contributed by atoms with E-state index in [1.54, 1.807) is 0 Å². The van der Waals surface area contributed by atoms with Crippen molar-refractivity contribution in [2.24, 2.45) is 0 Å². The van der Waals surface area contributed by atoms with Gasteiger partial charge in [0.15, 0.2) is 0 Å². The number of halogens is 1. The van der Waals surface area contributed by atoms with Gasteiger partial charge in [0.2, 0.25) is 11.9 Å². The van der Waals surface area contributed by atoms with Crippen LogP contribution in [0.1, 0.15) is 18.9 Å². The maximum Gasteiger partial charge on any atom is 0.227 e. The number of nitrogens with one attached hydrogen (secondary N) is 1. The summed E-state index contributed by atoms with van der Waals surface area (Å²) < 4.78 is 2.01. The quantitative estimate of drug-likeness (QED) is 0.760. The highest BCUT2D eigenvalue weighted by atomic mass is 35.5. The predicted molar refractivity (Wildman–Crippen MR) is 93.8 cm³/mol. The van der Waals surface area contributed by atoms with E-state index in [9.17, 15) is 4.79 Å².